The van der Waals surface area contributed by atoms with Gasteiger partial charge in [0.2, 0.25) is 5.91 Å². The lowest BCUT2D eigenvalue weighted by atomic mass is 10.1. The predicted molar refractivity (Wildman–Crippen MR) is 148 cm³/mol. The summed E-state index contributed by atoms with van der Waals surface area (Å²) in [4.78, 5) is 8.86. The van der Waals surface area contributed by atoms with Gasteiger partial charge in [0, 0.05) is 12.6 Å². The van der Waals surface area contributed by atoms with Gasteiger partial charge in [-0.25, -0.2) is 25.3 Å². The van der Waals surface area contributed by atoms with E-state index in [1.54, 1.807) is 6.92 Å². The number of carbonyl (C=O) groups excluding carboxylic acids is 1. The Morgan fingerprint density at radius 1 is 0.810 bits per heavy atom. The fraction of sp³-hybridized carbons (Fsp3) is 0.0800. The molecule has 0 unspecified atom stereocenters. The molecule has 17 heteroatoms. The molecular formula is C25H20N4O10S3-2. The largest absolute Gasteiger partial charge is 0.744 e. The van der Waals surface area contributed by atoms with E-state index in [1.807, 2.05) is 0 Å². The van der Waals surface area contributed by atoms with Crippen LogP contribution in [0.5, 0.6) is 5.75 Å². The number of hydrogen-bond acceptors (Lipinski definition) is 12. The Balaban J connectivity index is 1.95. The highest BCUT2D eigenvalue weighted by molar-refractivity contribution is 7.92. The lowest BCUT2D eigenvalue weighted by Gasteiger charge is -2.18. The quantitative estimate of drug-likeness (QED) is 0.187. The number of anilines is 2. The van der Waals surface area contributed by atoms with Crippen LogP contribution in [0.1, 0.15) is 12.5 Å². The standard InChI is InChI=1S/C25H22N4O10S3/c1-14-3-9-19(10-4-14)40(32,33)29-21-13-20(41(34,35)36)11-16-12-22(42(37,38)39)24(25(31)23(16)21)28-27-18-7-5-17(6-8-18)26-15(2)30/h3-13,29,31H,1-2H3,(H,26,30)(H,34,35,36)(H,37,38,39)/p-2. The number of phenols is 1. The molecule has 3 N–H and O–H groups in total. The highest BCUT2D eigenvalue weighted by Crippen LogP contribution is 2.45. The van der Waals surface area contributed by atoms with Crippen LogP contribution in [0, 0.1) is 6.92 Å². The molecule has 0 radical (unpaired) electrons. The minimum absolute atomic E-state index is 0.103. The summed E-state index contributed by atoms with van der Waals surface area (Å²) in [6.45, 7) is 3.01. The number of aromatic hydroxyl groups is 1. The zero-order valence-corrected chi connectivity index (χ0v) is 24.0. The number of nitrogens with zero attached hydrogens (tertiary/aromatic N) is 2. The lowest BCUT2D eigenvalue weighted by Crippen LogP contribution is -2.14. The van der Waals surface area contributed by atoms with Crippen LogP contribution in [0.4, 0.5) is 22.7 Å². The Hall–Kier alpha value is -4.42. The summed E-state index contributed by atoms with van der Waals surface area (Å²) in [7, 11) is -15.1. The molecule has 14 nitrogen and oxygen atoms in total. The number of azo groups is 1. The van der Waals surface area contributed by atoms with Crippen LogP contribution in [-0.2, 0) is 35.1 Å². The summed E-state index contributed by atoms with van der Waals surface area (Å²) in [5.41, 5.74) is -0.246. The molecular weight excluding hydrogens is 612 g/mol. The van der Waals surface area contributed by atoms with E-state index in [9.17, 15) is 44.3 Å². The SMILES string of the molecule is CC(=O)Nc1ccc(N=Nc2c(S(=O)(=O)[O-])cc3cc(S(=O)(=O)[O-])cc(NS(=O)(=O)c4ccc(C)cc4)c3c2O)cc1. The van der Waals surface area contributed by atoms with Gasteiger partial charge in [0.15, 0.2) is 5.75 Å². The Morgan fingerprint density at radius 2 is 1.43 bits per heavy atom. The molecule has 1 amide bonds. The van der Waals surface area contributed by atoms with Crippen molar-refractivity contribution < 1.29 is 44.3 Å². The van der Waals surface area contributed by atoms with Crippen molar-refractivity contribution in [2.75, 3.05) is 10.0 Å². The van der Waals surface area contributed by atoms with Gasteiger partial charge in [-0.05, 0) is 66.9 Å². The van der Waals surface area contributed by atoms with Gasteiger partial charge in [0.05, 0.1) is 31.4 Å². The summed E-state index contributed by atoms with van der Waals surface area (Å²) in [5.74, 6) is -1.38. The molecule has 0 atom stereocenters. The van der Waals surface area contributed by atoms with Crippen LogP contribution < -0.4 is 10.0 Å². The molecule has 0 bridgehead atoms. The Kier molecular flexibility index (Phi) is 8.07. The first-order valence-electron chi connectivity index (χ1n) is 11.6. The van der Waals surface area contributed by atoms with E-state index in [4.69, 9.17) is 0 Å². The number of rotatable bonds is 8. The molecule has 4 rings (SSSR count). The Bertz CT molecular complexity index is 2080. The maximum atomic E-state index is 13.1. The molecule has 0 aliphatic heterocycles. The lowest BCUT2D eigenvalue weighted by molar-refractivity contribution is -0.114. The average Bonchev–Trinajstić information content (AvgIpc) is 2.87. The summed E-state index contributed by atoms with van der Waals surface area (Å²) >= 11 is 0. The number of amides is 1. The van der Waals surface area contributed by atoms with Crippen LogP contribution in [0.2, 0.25) is 0 Å². The summed E-state index contributed by atoms with van der Waals surface area (Å²) in [5, 5.41) is 20.2. The van der Waals surface area contributed by atoms with E-state index in [1.165, 1.54) is 55.5 Å². The van der Waals surface area contributed by atoms with Crippen LogP contribution in [0.3, 0.4) is 0 Å². The summed E-state index contributed by atoms with van der Waals surface area (Å²) in [6.07, 6.45) is 0. The number of hydrogen-bond donors (Lipinski definition) is 3. The first-order valence-corrected chi connectivity index (χ1v) is 15.9. The molecule has 0 aliphatic carbocycles. The molecule has 0 saturated heterocycles. The minimum atomic E-state index is -5.39. The zero-order chi connectivity index (χ0) is 31.0. The average molecular weight is 633 g/mol. The first kappa shape index (κ1) is 30.5. The van der Waals surface area contributed by atoms with E-state index in [0.717, 1.165) is 5.56 Å². The van der Waals surface area contributed by atoms with Gasteiger partial charge in [-0.15, -0.1) is 5.11 Å². The summed E-state index contributed by atoms with van der Waals surface area (Å²) < 4.78 is 100. The number of sulfonamides is 1. The molecule has 42 heavy (non-hydrogen) atoms. The van der Waals surface area contributed by atoms with Crippen molar-refractivity contribution in [1.82, 2.24) is 0 Å². The molecule has 0 spiro atoms. The van der Waals surface area contributed by atoms with Gasteiger partial charge in [-0.3, -0.25) is 9.52 Å². The highest BCUT2D eigenvalue weighted by atomic mass is 32.2. The van der Waals surface area contributed by atoms with Gasteiger partial charge < -0.3 is 19.5 Å². The fourth-order valence-electron chi connectivity index (χ4n) is 3.82. The molecule has 220 valence electrons. The number of phenolic OH excluding ortho intramolecular Hbond substituents is 1. The summed E-state index contributed by atoms with van der Waals surface area (Å²) in [6, 6.07) is 13.1. The number of aryl methyl sites for hydroxylation is 1. The maximum absolute atomic E-state index is 13.1. The maximum Gasteiger partial charge on any atom is 0.261 e. The Morgan fingerprint density at radius 3 is 1.98 bits per heavy atom. The highest BCUT2D eigenvalue weighted by Gasteiger charge is 2.24. The number of nitrogens with one attached hydrogen (secondary N) is 2. The van der Waals surface area contributed by atoms with Gasteiger partial charge in [-0.1, -0.05) is 17.7 Å². The van der Waals surface area contributed by atoms with E-state index < -0.39 is 67.9 Å². The van der Waals surface area contributed by atoms with Crippen molar-refractivity contribution >= 4 is 69.7 Å². The number of fused-ring (bicyclic) bond motifs is 1. The second-order valence-electron chi connectivity index (χ2n) is 8.90. The van der Waals surface area contributed by atoms with Crippen LogP contribution in [0.25, 0.3) is 10.8 Å². The molecule has 0 aromatic heterocycles. The molecule has 0 aliphatic rings. The van der Waals surface area contributed by atoms with Crippen LogP contribution >= 0.6 is 0 Å². The predicted octanol–water partition coefficient (Wildman–Crippen LogP) is 3.84. The van der Waals surface area contributed by atoms with Crippen molar-refractivity contribution in [1.29, 1.82) is 0 Å². The third-order valence-electron chi connectivity index (χ3n) is 5.71. The van der Waals surface area contributed by atoms with Crippen LogP contribution in [0.15, 0.2) is 91.6 Å². The van der Waals surface area contributed by atoms with Crippen molar-refractivity contribution in [2.24, 2.45) is 10.2 Å². The van der Waals surface area contributed by atoms with Gasteiger partial charge in [-0.2, -0.15) is 5.11 Å². The van der Waals surface area contributed by atoms with Gasteiger partial charge in [0.1, 0.15) is 25.9 Å². The zero-order valence-electron chi connectivity index (χ0n) is 21.6. The van der Waals surface area contributed by atoms with Crippen molar-refractivity contribution in [3.05, 3.63) is 72.3 Å². The second kappa shape index (κ2) is 11.1. The molecule has 0 saturated carbocycles. The fourth-order valence-corrected chi connectivity index (χ4v) is 6.06. The van der Waals surface area contributed by atoms with E-state index in [2.05, 4.69) is 20.3 Å². The third-order valence-corrected chi connectivity index (χ3v) is 8.75. The minimum Gasteiger partial charge on any atom is -0.744 e. The van der Waals surface area contributed by atoms with Crippen LogP contribution in [-0.4, -0.2) is 45.4 Å². The van der Waals surface area contributed by atoms with E-state index in [-0.39, 0.29) is 16.5 Å². The smallest absolute Gasteiger partial charge is 0.261 e. The van der Waals surface area contributed by atoms with Crippen molar-refractivity contribution in [3.8, 4) is 5.75 Å². The van der Waals surface area contributed by atoms with Crippen molar-refractivity contribution in [3.63, 3.8) is 0 Å². The Labute approximate surface area is 240 Å². The normalized spacial score (nSPS) is 12.5. The number of benzene rings is 4. The van der Waals surface area contributed by atoms with Gasteiger partial charge >= 0.3 is 0 Å². The third kappa shape index (κ3) is 6.72. The molecule has 0 fully saturated rings. The topological polar surface area (TPSA) is 235 Å². The second-order valence-corrected chi connectivity index (χ2v) is 13.3. The van der Waals surface area contributed by atoms with Gasteiger partial charge in [0.25, 0.3) is 10.0 Å². The van der Waals surface area contributed by atoms with E-state index >= 15 is 0 Å². The first-order chi connectivity index (χ1) is 19.5. The molecule has 0 heterocycles. The molecule has 4 aromatic rings. The van der Waals surface area contributed by atoms with Crippen molar-refractivity contribution in [2.45, 2.75) is 28.5 Å². The van der Waals surface area contributed by atoms with E-state index in [0.29, 0.717) is 23.9 Å². The monoisotopic (exact) mass is 632 g/mol. The number of carbonyl (C=O) groups is 1. The molecule has 4 aromatic carbocycles.